The summed E-state index contributed by atoms with van der Waals surface area (Å²) < 4.78 is 33.8. The summed E-state index contributed by atoms with van der Waals surface area (Å²) in [5.74, 6) is -2.01. The van der Waals surface area contributed by atoms with Gasteiger partial charge < -0.3 is 25.6 Å². The van der Waals surface area contributed by atoms with E-state index in [0.29, 0.717) is 23.0 Å². The lowest BCUT2D eigenvalue weighted by Crippen LogP contribution is -2.30. The van der Waals surface area contributed by atoms with Crippen LogP contribution in [-0.4, -0.2) is 38.1 Å². The summed E-state index contributed by atoms with van der Waals surface area (Å²) in [6.07, 6.45) is 1.57. The fourth-order valence-electron chi connectivity index (χ4n) is 4.77. The fraction of sp³-hybridized carbons (Fsp3) is 0.444. The van der Waals surface area contributed by atoms with Crippen molar-refractivity contribution >= 4 is 11.6 Å². The first-order valence-corrected chi connectivity index (χ1v) is 12.1. The van der Waals surface area contributed by atoms with Crippen LogP contribution in [0.4, 0.5) is 14.5 Å². The Morgan fingerprint density at radius 1 is 1.17 bits per heavy atom. The second-order valence-electron chi connectivity index (χ2n) is 9.39. The van der Waals surface area contributed by atoms with Gasteiger partial charge in [0.25, 0.3) is 11.8 Å². The molecule has 1 fully saturated rings. The minimum Gasteiger partial charge on any atom is -0.496 e. The highest BCUT2D eigenvalue weighted by Gasteiger charge is 2.30. The predicted octanol–water partition coefficient (Wildman–Crippen LogP) is 5.07. The zero-order valence-electron chi connectivity index (χ0n) is 20.8. The van der Waals surface area contributed by atoms with Crippen LogP contribution in [-0.2, 0) is 10.7 Å². The van der Waals surface area contributed by atoms with E-state index in [2.05, 4.69) is 34.0 Å². The van der Waals surface area contributed by atoms with Gasteiger partial charge in [0.15, 0.2) is 0 Å². The van der Waals surface area contributed by atoms with Gasteiger partial charge in [-0.3, -0.25) is 4.79 Å². The zero-order valence-corrected chi connectivity index (χ0v) is 20.8. The number of alkyl halides is 2. The van der Waals surface area contributed by atoms with Gasteiger partial charge in [-0.15, -0.1) is 0 Å². The average Bonchev–Trinajstić information content (AvgIpc) is 3.26. The van der Waals surface area contributed by atoms with Crippen molar-refractivity contribution in [3.63, 3.8) is 0 Å². The molecule has 2 aromatic rings. The van der Waals surface area contributed by atoms with Crippen LogP contribution in [0, 0.1) is 0 Å². The van der Waals surface area contributed by atoms with Crippen molar-refractivity contribution in [2.45, 2.75) is 51.1 Å². The number of methoxy groups -OCH3 is 1. The summed E-state index contributed by atoms with van der Waals surface area (Å²) in [5.41, 5.74) is 3.50. The van der Waals surface area contributed by atoms with Crippen LogP contribution in [0.1, 0.15) is 61.9 Å². The van der Waals surface area contributed by atoms with Gasteiger partial charge in [-0.25, -0.2) is 8.78 Å². The van der Waals surface area contributed by atoms with Crippen molar-refractivity contribution in [2.24, 2.45) is 0 Å². The Morgan fingerprint density at radius 3 is 2.60 bits per heavy atom. The van der Waals surface area contributed by atoms with E-state index in [1.165, 1.54) is 30.7 Å². The van der Waals surface area contributed by atoms with E-state index in [9.17, 15) is 13.6 Å². The van der Waals surface area contributed by atoms with E-state index in [-0.39, 0.29) is 24.1 Å². The fourth-order valence-corrected chi connectivity index (χ4v) is 4.77. The Balaban J connectivity index is 1.48. The van der Waals surface area contributed by atoms with E-state index in [4.69, 9.17) is 4.74 Å². The second-order valence-corrected chi connectivity index (χ2v) is 9.39. The highest BCUT2D eigenvalue weighted by Crippen LogP contribution is 2.36. The topological polar surface area (TPSA) is 65.6 Å². The van der Waals surface area contributed by atoms with Crippen LogP contribution < -0.4 is 20.7 Å². The summed E-state index contributed by atoms with van der Waals surface area (Å²) in [5, 5.41) is 9.36. The first kappa shape index (κ1) is 25.0. The van der Waals surface area contributed by atoms with Crippen LogP contribution in [0.25, 0.3) is 0 Å². The highest BCUT2D eigenvalue weighted by molar-refractivity contribution is 6.04. The first-order valence-electron chi connectivity index (χ1n) is 12.1. The summed E-state index contributed by atoms with van der Waals surface area (Å²) >= 11 is 0. The van der Waals surface area contributed by atoms with Gasteiger partial charge in [0.1, 0.15) is 17.6 Å². The number of piperidine rings is 1. The van der Waals surface area contributed by atoms with Crippen LogP contribution in [0.5, 0.6) is 5.75 Å². The summed E-state index contributed by atoms with van der Waals surface area (Å²) in [6, 6.07) is 12.0. The van der Waals surface area contributed by atoms with E-state index < -0.39 is 5.92 Å². The van der Waals surface area contributed by atoms with Crippen molar-refractivity contribution in [1.29, 1.82) is 0 Å². The number of benzene rings is 2. The number of carbonyl (C=O) groups is 1. The molecular weight excluding hydrogens is 450 g/mol. The molecule has 0 spiro atoms. The number of nitrogens with one attached hydrogen (secondary N) is 3. The molecule has 2 aliphatic rings. The van der Waals surface area contributed by atoms with Crippen LogP contribution in [0.2, 0.25) is 0 Å². The quantitative estimate of drug-likeness (QED) is 0.512. The Kier molecular flexibility index (Phi) is 7.31. The number of hydrogen-bond donors (Lipinski definition) is 3. The van der Waals surface area contributed by atoms with Gasteiger partial charge in [-0.05, 0) is 81.2 Å². The molecule has 3 N–H and O–H groups in total. The summed E-state index contributed by atoms with van der Waals surface area (Å²) in [6.45, 7) is 5.36. The Labute approximate surface area is 205 Å². The number of ether oxygens (including phenoxy) is 1. The molecule has 2 heterocycles. The minimum absolute atomic E-state index is 0.112. The molecule has 0 bridgehead atoms. The maximum Gasteiger partial charge on any atom is 0.273 e. The second kappa shape index (κ2) is 10.2. The van der Waals surface area contributed by atoms with E-state index >= 15 is 0 Å². The number of nitrogens with zero attached hydrogens (tertiary/aromatic N) is 1. The highest BCUT2D eigenvalue weighted by atomic mass is 19.3. The third-order valence-electron chi connectivity index (χ3n) is 6.98. The number of rotatable bonds is 7. The molecule has 0 saturated carbocycles. The zero-order chi connectivity index (χ0) is 25.2. The molecule has 0 aliphatic carbocycles. The predicted molar refractivity (Wildman–Crippen MR) is 133 cm³/mol. The van der Waals surface area contributed by atoms with Gasteiger partial charge >= 0.3 is 0 Å². The van der Waals surface area contributed by atoms with Gasteiger partial charge in [0.2, 0.25) is 0 Å². The molecule has 2 aliphatic heterocycles. The number of allylic oxidation sites excluding steroid dienone is 1. The lowest BCUT2D eigenvalue weighted by molar-refractivity contribution is -0.113. The number of carbonyl (C=O) groups excluding carboxylic acids is 1. The van der Waals surface area contributed by atoms with Crippen LogP contribution in [0.3, 0.4) is 0 Å². The largest absolute Gasteiger partial charge is 0.496 e. The molecule has 0 aromatic heterocycles. The SMILES string of the molecule is CCC(F)(F)c1cccc(NC(=O)C2=C(C)NC(c3ccc(OC)c(C4CCN(C)CC4)c3)N2)c1. The molecule has 1 unspecified atom stereocenters. The van der Waals surface area contributed by atoms with Crippen LogP contribution >= 0.6 is 0 Å². The van der Waals surface area contributed by atoms with Crippen LogP contribution in [0.15, 0.2) is 53.9 Å². The van der Waals surface area contributed by atoms with Crippen molar-refractivity contribution in [3.8, 4) is 5.75 Å². The minimum atomic E-state index is -2.94. The van der Waals surface area contributed by atoms with Crippen molar-refractivity contribution in [2.75, 3.05) is 32.6 Å². The third kappa shape index (κ3) is 5.42. The molecule has 1 amide bonds. The Morgan fingerprint density at radius 2 is 1.91 bits per heavy atom. The van der Waals surface area contributed by atoms with Gasteiger partial charge in [0.05, 0.1) is 7.11 Å². The Bertz CT molecular complexity index is 1110. The smallest absolute Gasteiger partial charge is 0.273 e. The molecule has 0 radical (unpaired) electrons. The lowest BCUT2D eigenvalue weighted by Gasteiger charge is -2.30. The molecule has 2 aromatic carbocycles. The normalized spacial score (nSPS) is 19.3. The lowest BCUT2D eigenvalue weighted by atomic mass is 9.87. The van der Waals surface area contributed by atoms with E-state index in [0.717, 1.165) is 37.2 Å². The molecule has 1 saturated heterocycles. The maximum absolute atomic E-state index is 14.1. The molecule has 1 atom stereocenters. The number of halogens is 2. The average molecular weight is 485 g/mol. The summed E-state index contributed by atoms with van der Waals surface area (Å²) in [7, 11) is 3.84. The number of likely N-dealkylation sites (tertiary alicyclic amines) is 1. The van der Waals surface area contributed by atoms with Crippen molar-refractivity contribution in [1.82, 2.24) is 15.5 Å². The number of anilines is 1. The van der Waals surface area contributed by atoms with E-state index in [1.54, 1.807) is 13.2 Å². The third-order valence-corrected chi connectivity index (χ3v) is 6.98. The Hall–Kier alpha value is -3.13. The van der Waals surface area contributed by atoms with Gasteiger partial charge in [0, 0.05) is 23.4 Å². The van der Waals surface area contributed by atoms with E-state index in [1.807, 2.05) is 19.1 Å². The molecule has 6 nitrogen and oxygen atoms in total. The molecule has 188 valence electrons. The molecule has 4 rings (SSSR count). The number of hydrogen-bond acceptors (Lipinski definition) is 5. The molecule has 8 heteroatoms. The number of amides is 1. The summed E-state index contributed by atoms with van der Waals surface area (Å²) in [4.78, 5) is 15.3. The molecular formula is C27H34F2N4O2. The van der Waals surface area contributed by atoms with Gasteiger partial charge in [-0.1, -0.05) is 25.1 Å². The van der Waals surface area contributed by atoms with Crippen molar-refractivity contribution < 1.29 is 18.3 Å². The monoisotopic (exact) mass is 484 g/mol. The first-order chi connectivity index (χ1) is 16.7. The molecule has 35 heavy (non-hydrogen) atoms. The van der Waals surface area contributed by atoms with Gasteiger partial charge in [-0.2, -0.15) is 0 Å². The standard InChI is InChI=1S/C27H34F2N4O2/c1-5-27(28,29)20-7-6-8-21(16-20)31-26(34)24-17(2)30-25(32-24)19-9-10-23(35-4)22(15-19)18-11-13-33(3)14-12-18/h6-10,15-16,18,25,30,32H,5,11-14H2,1-4H3,(H,31,34). The maximum atomic E-state index is 14.1. The van der Waals surface area contributed by atoms with Crippen molar-refractivity contribution in [3.05, 3.63) is 70.5 Å².